The van der Waals surface area contributed by atoms with Crippen LogP contribution in [0.5, 0.6) is 0 Å². The Hall–Kier alpha value is -1.47. The summed E-state index contributed by atoms with van der Waals surface area (Å²) in [5.74, 6) is 0.145. The Morgan fingerprint density at radius 3 is 2.74 bits per heavy atom. The van der Waals surface area contributed by atoms with Crippen LogP contribution in [0.25, 0.3) is 0 Å². The van der Waals surface area contributed by atoms with E-state index in [9.17, 15) is 10.1 Å². The van der Waals surface area contributed by atoms with Gasteiger partial charge in [-0.1, -0.05) is 0 Å². The van der Waals surface area contributed by atoms with Gasteiger partial charge in [-0.3, -0.25) is 10.1 Å². The first-order chi connectivity index (χ1) is 8.97. The largest absolute Gasteiger partial charge is 0.396 e. The monoisotopic (exact) mass is 286 g/mol. The number of nitro groups is 1. The highest BCUT2D eigenvalue weighted by molar-refractivity contribution is 6.28. The van der Waals surface area contributed by atoms with E-state index in [0.717, 1.165) is 12.8 Å². The molecule has 19 heavy (non-hydrogen) atoms. The fraction of sp³-hybridized carbons (Fsp3) is 0.636. The highest BCUT2D eigenvalue weighted by atomic mass is 35.5. The number of hydrogen-bond acceptors (Lipinski definition) is 6. The van der Waals surface area contributed by atoms with Crippen LogP contribution in [0.15, 0.2) is 0 Å². The standard InChI is InChI=1S/C11H15ClN4O3/c1-7-8(16(18)19)9(15-10(12)14-7)13-6-11(2-3-11)4-5-17/h17H,2-6H2,1H3,(H,13,14,15). The van der Waals surface area contributed by atoms with Crippen LogP contribution < -0.4 is 5.32 Å². The van der Waals surface area contributed by atoms with Crippen molar-refractivity contribution in [3.63, 3.8) is 0 Å². The lowest BCUT2D eigenvalue weighted by atomic mass is 10.0. The van der Waals surface area contributed by atoms with Crippen molar-refractivity contribution in [2.75, 3.05) is 18.5 Å². The molecule has 0 aromatic carbocycles. The average Bonchev–Trinajstić information content (AvgIpc) is 3.06. The number of hydrogen-bond donors (Lipinski definition) is 2. The van der Waals surface area contributed by atoms with Gasteiger partial charge in [0.1, 0.15) is 5.69 Å². The summed E-state index contributed by atoms with van der Waals surface area (Å²) in [6.07, 6.45) is 2.70. The number of rotatable bonds is 6. The van der Waals surface area contributed by atoms with Gasteiger partial charge in [0.25, 0.3) is 0 Å². The summed E-state index contributed by atoms with van der Waals surface area (Å²) in [6.45, 7) is 2.19. The van der Waals surface area contributed by atoms with E-state index in [4.69, 9.17) is 16.7 Å². The molecule has 1 heterocycles. The third kappa shape index (κ3) is 3.10. The summed E-state index contributed by atoms with van der Waals surface area (Å²) in [7, 11) is 0. The number of aryl methyl sites for hydroxylation is 1. The molecule has 0 spiro atoms. The van der Waals surface area contributed by atoms with Gasteiger partial charge >= 0.3 is 5.69 Å². The number of nitrogens with zero attached hydrogens (tertiary/aromatic N) is 3. The maximum absolute atomic E-state index is 11.0. The Balaban J connectivity index is 2.17. The van der Waals surface area contributed by atoms with Crippen LogP contribution in [0.1, 0.15) is 25.0 Å². The second-order valence-electron chi connectivity index (χ2n) is 4.86. The molecule has 0 bridgehead atoms. The molecule has 8 heteroatoms. The fourth-order valence-corrected chi connectivity index (χ4v) is 2.29. The van der Waals surface area contributed by atoms with Crippen molar-refractivity contribution in [3.8, 4) is 0 Å². The summed E-state index contributed by atoms with van der Waals surface area (Å²) < 4.78 is 0. The molecule has 1 fully saturated rings. The van der Waals surface area contributed by atoms with Crippen molar-refractivity contribution in [3.05, 3.63) is 21.1 Å². The Bertz CT molecular complexity index is 505. The quantitative estimate of drug-likeness (QED) is 0.471. The van der Waals surface area contributed by atoms with Gasteiger partial charge in [0.05, 0.1) is 4.92 Å². The first-order valence-electron chi connectivity index (χ1n) is 6.01. The van der Waals surface area contributed by atoms with E-state index in [1.54, 1.807) is 0 Å². The topological polar surface area (TPSA) is 101 Å². The zero-order valence-electron chi connectivity index (χ0n) is 10.5. The number of aliphatic hydroxyl groups excluding tert-OH is 1. The van der Waals surface area contributed by atoms with Crippen LogP contribution in [-0.4, -0.2) is 33.1 Å². The SMILES string of the molecule is Cc1nc(Cl)nc(NCC2(CCO)CC2)c1[N+](=O)[O-]. The molecule has 0 unspecified atom stereocenters. The van der Waals surface area contributed by atoms with Crippen LogP contribution >= 0.6 is 11.6 Å². The van der Waals surface area contributed by atoms with Crippen molar-refractivity contribution in [2.45, 2.75) is 26.2 Å². The van der Waals surface area contributed by atoms with Crippen molar-refractivity contribution >= 4 is 23.1 Å². The summed E-state index contributed by atoms with van der Waals surface area (Å²) >= 11 is 5.73. The Morgan fingerprint density at radius 1 is 1.53 bits per heavy atom. The minimum Gasteiger partial charge on any atom is -0.396 e. The second-order valence-corrected chi connectivity index (χ2v) is 5.20. The Kier molecular flexibility index (Phi) is 3.86. The number of anilines is 1. The molecule has 0 atom stereocenters. The molecule has 7 nitrogen and oxygen atoms in total. The molecular weight excluding hydrogens is 272 g/mol. The van der Waals surface area contributed by atoms with Gasteiger partial charge < -0.3 is 10.4 Å². The van der Waals surface area contributed by atoms with E-state index in [1.165, 1.54) is 6.92 Å². The number of aromatic nitrogens is 2. The molecule has 0 amide bonds. The van der Waals surface area contributed by atoms with Gasteiger partial charge in [0.15, 0.2) is 0 Å². The lowest BCUT2D eigenvalue weighted by Gasteiger charge is -2.15. The molecule has 2 N–H and O–H groups in total. The molecule has 104 valence electrons. The fourth-order valence-electron chi connectivity index (χ4n) is 2.08. The molecule has 1 saturated carbocycles. The predicted octanol–water partition coefficient (Wildman–Crippen LogP) is 1.92. The van der Waals surface area contributed by atoms with Gasteiger partial charge in [-0.05, 0) is 43.2 Å². The summed E-state index contributed by atoms with van der Waals surface area (Å²) in [5.41, 5.74) is 0.122. The molecule has 1 aromatic rings. The average molecular weight is 287 g/mol. The Labute approximate surface area is 115 Å². The summed E-state index contributed by atoms with van der Waals surface area (Å²) in [4.78, 5) is 18.2. The van der Waals surface area contributed by atoms with Crippen molar-refractivity contribution in [1.29, 1.82) is 0 Å². The van der Waals surface area contributed by atoms with Crippen molar-refractivity contribution in [1.82, 2.24) is 9.97 Å². The smallest absolute Gasteiger partial charge is 0.332 e. The normalized spacial score (nSPS) is 16.2. The number of halogens is 1. The Morgan fingerprint density at radius 2 is 2.21 bits per heavy atom. The number of aliphatic hydroxyl groups is 1. The van der Waals surface area contributed by atoms with E-state index < -0.39 is 4.92 Å². The van der Waals surface area contributed by atoms with Crippen molar-refractivity contribution < 1.29 is 10.0 Å². The molecule has 2 rings (SSSR count). The zero-order chi connectivity index (χ0) is 14.0. The maximum atomic E-state index is 11.0. The van der Waals surface area contributed by atoms with E-state index in [0.29, 0.717) is 13.0 Å². The lowest BCUT2D eigenvalue weighted by molar-refractivity contribution is -0.385. The van der Waals surface area contributed by atoms with E-state index in [1.807, 2.05) is 0 Å². The first-order valence-corrected chi connectivity index (χ1v) is 6.38. The van der Waals surface area contributed by atoms with Crippen LogP contribution in [0, 0.1) is 22.5 Å². The first kappa shape index (κ1) is 14.0. The third-order valence-corrected chi connectivity index (χ3v) is 3.61. The predicted molar refractivity (Wildman–Crippen MR) is 70.3 cm³/mol. The van der Waals surface area contributed by atoms with Crippen LogP contribution in [-0.2, 0) is 0 Å². The molecule has 0 aliphatic heterocycles. The molecule has 1 aliphatic carbocycles. The van der Waals surface area contributed by atoms with Crippen LogP contribution in [0.2, 0.25) is 5.28 Å². The maximum Gasteiger partial charge on any atom is 0.332 e. The minimum atomic E-state index is -0.514. The van der Waals surface area contributed by atoms with E-state index >= 15 is 0 Å². The van der Waals surface area contributed by atoms with Gasteiger partial charge in [0, 0.05) is 13.2 Å². The molecule has 1 aliphatic rings. The van der Waals surface area contributed by atoms with E-state index in [2.05, 4.69) is 15.3 Å². The number of nitrogens with one attached hydrogen (secondary N) is 1. The highest BCUT2D eigenvalue weighted by Crippen LogP contribution is 2.48. The minimum absolute atomic E-state index is 0.0161. The summed E-state index contributed by atoms with van der Waals surface area (Å²) in [6, 6.07) is 0. The highest BCUT2D eigenvalue weighted by Gasteiger charge is 2.42. The molecule has 0 radical (unpaired) electrons. The molecular formula is C11H15ClN4O3. The third-order valence-electron chi connectivity index (χ3n) is 3.44. The van der Waals surface area contributed by atoms with Gasteiger partial charge in [-0.15, -0.1) is 0 Å². The van der Waals surface area contributed by atoms with E-state index in [-0.39, 0.29) is 34.5 Å². The molecule has 1 aromatic heterocycles. The van der Waals surface area contributed by atoms with Crippen molar-refractivity contribution in [2.24, 2.45) is 5.41 Å². The van der Waals surface area contributed by atoms with Gasteiger partial charge in [-0.25, -0.2) is 4.98 Å². The van der Waals surface area contributed by atoms with Gasteiger partial charge in [-0.2, -0.15) is 4.98 Å². The zero-order valence-corrected chi connectivity index (χ0v) is 11.3. The lowest BCUT2D eigenvalue weighted by Crippen LogP contribution is -2.18. The summed E-state index contributed by atoms with van der Waals surface area (Å²) in [5, 5.41) is 23.0. The second kappa shape index (κ2) is 5.26. The van der Waals surface area contributed by atoms with Gasteiger partial charge in [0.2, 0.25) is 11.1 Å². The van der Waals surface area contributed by atoms with Crippen LogP contribution in [0.4, 0.5) is 11.5 Å². The molecule has 0 saturated heterocycles. The van der Waals surface area contributed by atoms with Crippen LogP contribution in [0.3, 0.4) is 0 Å².